The maximum Gasteiger partial charge on any atom is 0.233 e. The van der Waals surface area contributed by atoms with Crippen molar-refractivity contribution in [2.24, 2.45) is 0 Å². The summed E-state index contributed by atoms with van der Waals surface area (Å²) in [5.41, 5.74) is 0.743. The van der Waals surface area contributed by atoms with E-state index in [0.717, 1.165) is 50.1 Å². The Balaban J connectivity index is 1.21. The summed E-state index contributed by atoms with van der Waals surface area (Å²) in [6.07, 6.45) is 3.63. The lowest BCUT2D eigenvalue weighted by molar-refractivity contribution is -0.136. The van der Waals surface area contributed by atoms with E-state index in [1.54, 1.807) is 19.2 Å². The van der Waals surface area contributed by atoms with Crippen LogP contribution in [0.2, 0.25) is 0 Å². The average Bonchev–Trinajstić information content (AvgIpc) is 3.60. The Bertz CT molecular complexity index is 841. The molecule has 0 N–H and O–H groups in total. The van der Waals surface area contributed by atoms with E-state index >= 15 is 0 Å². The van der Waals surface area contributed by atoms with E-state index in [9.17, 15) is 9.18 Å². The van der Waals surface area contributed by atoms with Gasteiger partial charge in [-0.1, -0.05) is 12.1 Å². The molecule has 0 aromatic heterocycles. The molecule has 0 atom stereocenters. The minimum atomic E-state index is -0.344. The summed E-state index contributed by atoms with van der Waals surface area (Å²) < 4.78 is 29.6. The van der Waals surface area contributed by atoms with Gasteiger partial charge in [0.05, 0.1) is 25.2 Å². The molecule has 6 heteroatoms. The topological polar surface area (TPSA) is 48.0 Å². The molecule has 1 aliphatic heterocycles. The SMILES string of the molecule is COc1ccc(C2(C(=O)N3CCC(OCCOc4ccc(F)cc4)CC3)CC2)cc1. The average molecular weight is 413 g/mol. The van der Waals surface area contributed by atoms with Crippen molar-refractivity contribution in [2.45, 2.75) is 37.2 Å². The van der Waals surface area contributed by atoms with Crippen LogP contribution < -0.4 is 9.47 Å². The number of halogens is 1. The fourth-order valence-corrected chi connectivity index (χ4v) is 4.09. The van der Waals surface area contributed by atoms with Crippen LogP contribution in [0.5, 0.6) is 11.5 Å². The smallest absolute Gasteiger partial charge is 0.233 e. The Labute approximate surface area is 176 Å². The van der Waals surface area contributed by atoms with Crippen molar-refractivity contribution in [3.8, 4) is 11.5 Å². The number of methoxy groups -OCH3 is 1. The van der Waals surface area contributed by atoms with Crippen molar-refractivity contribution in [3.05, 3.63) is 59.9 Å². The highest BCUT2D eigenvalue weighted by Gasteiger charge is 2.53. The predicted octanol–water partition coefficient (Wildman–Crippen LogP) is 3.95. The summed E-state index contributed by atoms with van der Waals surface area (Å²) in [7, 11) is 1.65. The quantitative estimate of drug-likeness (QED) is 0.615. The van der Waals surface area contributed by atoms with Crippen LogP contribution in [0.3, 0.4) is 0 Å². The molecule has 2 aromatic carbocycles. The van der Waals surface area contributed by atoms with Crippen LogP contribution in [0.25, 0.3) is 0 Å². The molecule has 2 aliphatic rings. The van der Waals surface area contributed by atoms with Gasteiger partial charge in [-0.15, -0.1) is 0 Å². The molecular formula is C24H28FNO4. The fourth-order valence-electron chi connectivity index (χ4n) is 4.09. The van der Waals surface area contributed by atoms with E-state index < -0.39 is 0 Å². The monoisotopic (exact) mass is 413 g/mol. The fraction of sp³-hybridized carbons (Fsp3) is 0.458. The molecule has 1 amide bonds. The first-order chi connectivity index (χ1) is 14.6. The van der Waals surface area contributed by atoms with Crippen molar-refractivity contribution in [1.82, 2.24) is 4.90 Å². The van der Waals surface area contributed by atoms with E-state index in [2.05, 4.69) is 0 Å². The molecule has 30 heavy (non-hydrogen) atoms. The van der Waals surface area contributed by atoms with Crippen LogP contribution in [0.4, 0.5) is 4.39 Å². The zero-order chi connectivity index (χ0) is 21.0. The van der Waals surface area contributed by atoms with Gasteiger partial charge in [-0.3, -0.25) is 4.79 Å². The maximum atomic E-state index is 13.2. The molecule has 1 saturated carbocycles. The molecular weight excluding hydrogens is 385 g/mol. The Morgan fingerprint density at radius 3 is 2.23 bits per heavy atom. The summed E-state index contributed by atoms with van der Waals surface area (Å²) >= 11 is 0. The normalized spacial score (nSPS) is 18.1. The first kappa shape index (κ1) is 20.7. The molecule has 0 spiro atoms. The summed E-state index contributed by atoms with van der Waals surface area (Å²) in [5.74, 6) is 1.41. The third kappa shape index (κ3) is 4.59. The second-order valence-electron chi connectivity index (χ2n) is 7.98. The molecule has 2 aromatic rings. The second kappa shape index (κ2) is 9.04. The maximum absolute atomic E-state index is 13.2. The van der Waals surface area contributed by atoms with Gasteiger partial charge in [-0.25, -0.2) is 4.39 Å². The number of nitrogens with zero attached hydrogens (tertiary/aromatic N) is 1. The third-order valence-corrected chi connectivity index (χ3v) is 6.05. The lowest BCUT2D eigenvalue weighted by atomic mass is 9.93. The number of carbonyl (C=O) groups is 1. The van der Waals surface area contributed by atoms with E-state index in [0.29, 0.717) is 19.0 Å². The van der Waals surface area contributed by atoms with Gasteiger partial charge in [0.15, 0.2) is 0 Å². The van der Waals surface area contributed by atoms with Crippen molar-refractivity contribution in [2.75, 3.05) is 33.4 Å². The van der Waals surface area contributed by atoms with Crippen LogP contribution in [-0.2, 0) is 14.9 Å². The number of amides is 1. The van der Waals surface area contributed by atoms with E-state index in [1.807, 2.05) is 29.2 Å². The minimum Gasteiger partial charge on any atom is -0.497 e. The van der Waals surface area contributed by atoms with Crippen molar-refractivity contribution >= 4 is 5.91 Å². The summed E-state index contributed by atoms with van der Waals surface area (Å²) in [5, 5.41) is 0. The standard InChI is InChI=1S/C24H28FNO4/c1-28-20-6-2-18(3-7-20)24(12-13-24)23(27)26-14-10-22(11-15-26)30-17-16-29-21-8-4-19(25)5-9-21/h2-9,22H,10-17H2,1H3. The minimum absolute atomic E-state index is 0.141. The van der Waals surface area contributed by atoms with Crippen molar-refractivity contribution in [1.29, 1.82) is 0 Å². The largest absolute Gasteiger partial charge is 0.497 e. The molecule has 0 bridgehead atoms. The summed E-state index contributed by atoms with van der Waals surface area (Å²) in [6, 6.07) is 13.9. The molecule has 5 nitrogen and oxygen atoms in total. The molecule has 4 rings (SSSR count). The first-order valence-corrected chi connectivity index (χ1v) is 10.5. The van der Waals surface area contributed by atoms with Crippen molar-refractivity contribution < 1.29 is 23.4 Å². The lowest BCUT2D eigenvalue weighted by Crippen LogP contribution is -2.45. The van der Waals surface area contributed by atoms with Crippen LogP contribution in [0.15, 0.2) is 48.5 Å². The highest BCUT2D eigenvalue weighted by atomic mass is 19.1. The predicted molar refractivity (Wildman–Crippen MR) is 111 cm³/mol. The van der Waals surface area contributed by atoms with Crippen LogP contribution >= 0.6 is 0 Å². The Morgan fingerprint density at radius 2 is 1.63 bits per heavy atom. The summed E-state index contributed by atoms with van der Waals surface area (Å²) in [4.78, 5) is 15.2. The third-order valence-electron chi connectivity index (χ3n) is 6.05. The van der Waals surface area contributed by atoms with Crippen LogP contribution in [-0.4, -0.2) is 50.3 Å². The Kier molecular flexibility index (Phi) is 6.23. The molecule has 0 radical (unpaired) electrons. The molecule has 1 heterocycles. The van der Waals surface area contributed by atoms with Gasteiger partial charge in [-0.2, -0.15) is 0 Å². The van der Waals surface area contributed by atoms with E-state index in [-0.39, 0.29) is 23.2 Å². The van der Waals surface area contributed by atoms with Gasteiger partial charge in [0.2, 0.25) is 5.91 Å². The van der Waals surface area contributed by atoms with Crippen molar-refractivity contribution in [3.63, 3.8) is 0 Å². The van der Waals surface area contributed by atoms with Gasteiger partial charge >= 0.3 is 0 Å². The number of piperidine rings is 1. The van der Waals surface area contributed by atoms with Gasteiger partial charge in [0.25, 0.3) is 0 Å². The number of hydrogen-bond donors (Lipinski definition) is 0. The van der Waals surface area contributed by atoms with Gasteiger partial charge < -0.3 is 19.1 Å². The molecule has 160 valence electrons. The Hall–Kier alpha value is -2.60. The Morgan fingerprint density at radius 1 is 1.00 bits per heavy atom. The number of hydrogen-bond acceptors (Lipinski definition) is 4. The first-order valence-electron chi connectivity index (χ1n) is 10.5. The van der Waals surface area contributed by atoms with E-state index in [1.165, 1.54) is 12.1 Å². The molecule has 1 aliphatic carbocycles. The summed E-state index contributed by atoms with van der Waals surface area (Å²) in [6.45, 7) is 2.34. The van der Waals surface area contributed by atoms with Crippen LogP contribution in [0.1, 0.15) is 31.2 Å². The van der Waals surface area contributed by atoms with Crippen LogP contribution in [0, 0.1) is 5.82 Å². The highest BCUT2D eigenvalue weighted by molar-refractivity contribution is 5.91. The molecule has 1 saturated heterocycles. The zero-order valence-corrected chi connectivity index (χ0v) is 17.3. The lowest BCUT2D eigenvalue weighted by Gasteiger charge is -2.34. The van der Waals surface area contributed by atoms with E-state index in [4.69, 9.17) is 14.2 Å². The number of carbonyl (C=O) groups excluding carboxylic acids is 1. The zero-order valence-electron chi connectivity index (χ0n) is 17.3. The van der Waals surface area contributed by atoms with Gasteiger partial charge in [-0.05, 0) is 67.6 Å². The second-order valence-corrected chi connectivity index (χ2v) is 7.98. The number of benzene rings is 2. The molecule has 2 fully saturated rings. The number of likely N-dealkylation sites (tertiary alicyclic amines) is 1. The number of rotatable bonds is 8. The van der Waals surface area contributed by atoms with Gasteiger partial charge in [0, 0.05) is 13.1 Å². The molecule has 0 unspecified atom stereocenters. The van der Waals surface area contributed by atoms with Gasteiger partial charge in [0.1, 0.15) is 23.9 Å². The highest BCUT2D eigenvalue weighted by Crippen LogP contribution is 2.50. The number of ether oxygens (including phenoxy) is 3.